The number of hydrogen-bond donors (Lipinski definition) is 2. The normalized spacial score (nSPS) is 21.4. The molecule has 5 heteroatoms. The SMILES string of the molecule is Nc1c(C2CCCC2)c(C(=O)O)nn1C1CCCCC1. The van der Waals surface area contributed by atoms with Crippen molar-refractivity contribution >= 4 is 11.8 Å². The van der Waals surface area contributed by atoms with Gasteiger partial charge in [0.25, 0.3) is 0 Å². The van der Waals surface area contributed by atoms with Crippen LogP contribution in [0.4, 0.5) is 5.82 Å². The van der Waals surface area contributed by atoms with Crippen molar-refractivity contribution in [1.82, 2.24) is 9.78 Å². The monoisotopic (exact) mass is 277 g/mol. The molecule has 0 amide bonds. The van der Waals surface area contributed by atoms with Gasteiger partial charge in [0.1, 0.15) is 5.82 Å². The molecule has 0 spiro atoms. The van der Waals surface area contributed by atoms with Crippen molar-refractivity contribution in [3.8, 4) is 0 Å². The highest BCUT2D eigenvalue weighted by Crippen LogP contribution is 2.41. The Labute approximate surface area is 119 Å². The van der Waals surface area contributed by atoms with E-state index >= 15 is 0 Å². The van der Waals surface area contributed by atoms with Crippen LogP contribution in [-0.4, -0.2) is 20.9 Å². The number of carbonyl (C=O) groups is 1. The average molecular weight is 277 g/mol. The molecule has 0 saturated heterocycles. The second-order valence-corrected chi connectivity index (χ2v) is 6.17. The van der Waals surface area contributed by atoms with Crippen LogP contribution in [0.5, 0.6) is 0 Å². The molecule has 2 aliphatic rings. The van der Waals surface area contributed by atoms with Crippen LogP contribution in [0.25, 0.3) is 0 Å². The smallest absolute Gasteiger partial charge is 0.356 e. The molecule has 0 radical (unpaired) electrons. The third-order valence-electron chi connectivity index (χ3n) is 4.87. The van der Waals surface area contributed by atoms with Crippen LogP contribution in [0, 0.1) is 0 Å². The van der Waals surface area contributed by atoms with E-state index in [0.717, 1.165) is 44.1 Å². The second kappa shape index (κ2) is 5.46. The number of carboxylic acid groups (broad SMARTS) is 1. The highest BCUT2D eigenvalue weighted by Gasteiger charge is 2.31. The van der Waals surface area contributed by atoms with Crippen LogP contribution >= 0.6 is 0 Å². The third kappa shape index (κ3) is 2.30. The first kappa shape index (κ1) is 13.5. The van der Waals surface area contributed by atoms with Crippen LogP contribution in [0.1, 0.15) is 85.8 Å². The van der Waals surface area contributed by atoms with Gasteiger partial charge < -0.3 is 10.8 Å². The summed E-state index contributed by atoms with van der Waals surface area (Å²) >= 11 is 0. The molecule has 2 saturated carbocycles. The molecule has 5 nitrogen and oxygen atoms in total. The summed E-state index contributed by atoms with van der Waals surface area (Å²) in [7, 11) is 0. The van der Waals surface area contributed by atoms with E-state index in [9.17, 15) is 9.90 Å². The van der Waals surface area contributed by atoms with Crippen LogP contribution in [0.2, 0.25) is 0 Å². The molecule has 1 aromatic heterocycles. The lowest BCUT2D eigenvalue weighted by atomic mass is 9.94. The first-order valence-corrected chi connectivity index (χ1v) is 7.79. The van der Waals surface area contributed by atoms with Crippen molar-refractivity contribution in [3.05, 3.63) is 11.3 Å². The fraction of sp³-hybridized carbons (Fsp3) is 0.733. The Morgan fingerprint density at radius 2 is 1.70 bits per heavy atom. The van der Waals surface area contributed by atoms with Crippen molar-refractivity contribution < 1.29 is 9.90 Å². The van der Waals surface area contributed by atoms with Crippen molar-refractivity contribution in [3.63, 3.8) is 0 Å². The van der Waals surface area contributed by atoms with Gasteiger partial charge in [-0.15, -0.1) is 0 Å². The van der Waals surface area contributed by atoms with E-state index < -0.39 is 5.97 Å². The highest BCUT2D eigenvalue weighted by molar-refractivity contribution is 5.89. The minimum atomic E-state index is -0.937. The van der Waals surface area contributed by atoms with Crippen LogP contribution in [-0.2, 0) is 0 Å². The Morgan fingerprint density at radius 1 is 1.10 bits per heavy atom. The van der Waals surface area contributed by atoms with E-state index in [1.165, 1.54) is 19.3 Å². The Hall–Kier alpha value is -1.52. The Bertz CT molecular complexity index is 497. The highest BCUT2D eigenvalue weighted by atomic mass is 16.4. The molecule has 0 unspecified atom stereocenters. The van der Waals surface area contributed by atoms with E-state index in [-0.39, 0.29) is 11.7 Å². The molecule has 110 valence electrons. The standard InChI is InChI=1S/C15H23N3O2/c16-14-12(10-6-4-5-7-10)13(15(19)20)17-18(14)11-8-2-1-3-9-11/h10-11H,1-9,16H2,(H,19,20). The summed E-state index contributed by atoms with van der Waals surface area (Å²) in [4.78, 5) is 11.5. The number of hydrogen-bond acceptors (Lipinski definition) is 3. The topological polar surface area (TPSA) is 81.1 Å². The van der Waals surface area contributed by atoms with Gasteiger partial charge in [-0.3, -0.25) is 0 Å². The molecular formula is C15H23N3O2. The van der Waals surface area contributed by atoms with Crippen molar-refractivity contribution in [2.75, 3.05) is 5.73 Å². The number of aromatic nitrogens is 2. The number of aromatic carboxylic acids is 1. The van der Waals surface area contributed by atoms with Gasteiger partial charge in [0.2, 0.25) is 0 Å². The Morgan fingerprint density at radius 3 is 2.30 bits per heavy atom. The Kier molecular flexibility index (Phi) is 3.68. The zero-order valence-electron chi connectivity index (χ0n) is 11.8. The van der Waals surface area contributed by atoms with E-state index in [1.54, 1.807) is 0 Å². The zero-order valence-corrected chi connectivity index (χ0v) is 11.8. The summed E-state index contributed by atoms with van der Waals surface area (Å²) < 4.78 is 1.82. The summed E-state index contributed by atoms with van der Waals surface area (Å²) in [5.74, 6) is -0.0344. The lowest BCUT2D eigenvalue weighted by molar-refractivity contribution is 0.0687. The number of nitrogen functional groups attached to an aromatic ring is 1. The number of rotatable bonds is 3. The first-order chi connectivity index (χ1) is 9.68. The molecule has 3 N–H and O–H groups in total. The van der Waals surface area contributed by atoms with E-state index in [1.807, 2.05) is 4.68 Å². The fourth-order valence-corrected chi connectivity index (χ4v) is 3.84. The van der Waals surface area contributed by atoms with E-state index in [4.69, 9.17) is 5.73 Å². The second-order valence-electron chi connectivity index (χ2n) is 6.17. The minimum absolute atomic E-state index is 0.194. The van der Waals surface area contributed by atoms with Gasteiger partial charge >= 0.3 is 5.97 Å². The van der Waals surface area contributed by atoms with Crippen LogP contribution in [0.3, 0.4) is 0 Å². The van der Waals surface area contributed by atoms with Gasteiger partial charge in [-0.25, -0.2) is 9.48 Å². The third-order valence-corrected chi connectivity index (χ3v) is 4.87. The number of carboxylic acids is 1. The molecular weight excluding hydrogens is 254 g/mol. The molecule has 0 aromatic carbocycles. The van der Waals surface area contributed by atoms with Gasteiger partial charge in [-0.2, -0.15) is 5.10 Å². The predicted molar refractivity (Wildman–Crippen MR) is 76.9 cm³/mol. The maximum absolute atomic E-state index is 11.5. The summed E-state index contributed by atoms with van der Waals surface area (Å²) in [5.41, 5.74) is 7.29. The largest absolute Gasteiger partial charge is 0.476 e. The number of nitrogens with zero attached hydrogens (tertiary/aromatic N) is 2. The van der Waals surface area contributed by atoms with Gasteiger partial charge in [0, 0.05) is 5.56 Å². The molecule has 3 rings (SSSR count). The lowest BCUT2D eigenvalue weighted by Gasteiger charge is -2.23. The zero-order chi connectivity index (χ0) is 14.1. The van der Waals surface area contributed by atoms with Gasteiger partial charge in [-0.05, 0) is 31.6 Å². The predicted octanol–water partition coefficient (Wildman–Crippen LogP) is 3.33. The average Bonchev–Trinajstić information content (AvgIpc) is 3.06. The van der Waals surface area contributed by atoms with Crippen molar-refractivity contribution in [2.24, 2.45) is 0 Å². The fourth-order valence-electron chi connectivity index (χ4n) is 3.84. The quantitative estimate of drug-likeness (QED) is 0.888. The summed E-state index contributed by atoms with van der Waals surface area (Å²) in [6, 6.07) is 0.289. The molecule has 2 fully saturated rings. The van der Waals surface area contributed by atoms with E-state index in [2.05, 4.69) is 5.10 Å². The number of anilines is 1. The molecule has 0 aliphatic heterocycles. The molecule has 0 bridgehead atoms. The Balaban J connectivity index is 1.98. The van der Waals surface area contributed by atoms with Gasteiger partial charge in [0.05, 0.1) is 6.04 Å². The van der Waals surface area contributed by atoms with E-state index in [0.29, 0.717) is 11.7 Å². The molecule has 1 aromatic rings. The molecule has 0 atom stereocenters. The summed E-state index contributed by atoms with van der Waals surface area (Å²) in [6.45, 7) is 0. The van der Waals surface area contributed by atoms with Crippen molar-refractivity contribution in [2.45, 2.75) is 69.7 Å². The van der Waals surface area contributed by atoms with Crippen LogP contribution in [0.15, 0.2) is 0 Å². The van der Waals surface area contributed by atoms with Gasteiger partial charge in [-0.1, -0.05) is 32.1 Å². The lowest BCUT2D eigenvalue weighted by Crippen LogP contribution is -2.16. The van der Waals surface area contributed by atoms with Crippen LogP contribution < -0.4 is 5.73 Å². The van der Waals surface area contributed by atoms with Gasteiger partial charge in [0.15, 0.2) is 5.69 Å². The molecule has 1 heterocycles. The maximum atomic E-state index is 11.5. The molecule has 20 heavy (non-hydrogen) atoms. The maximum Gasteiger partial charge on any atom is 0.356 e. The van der Waals surface area contributed by atoms with Crippen molar-refractivity contribution in [1.29, 1.82) is 0 Å². The number of nitrogens with two attached hydrogens (primary N) is 1. The molecule has 2 aliphatic carbocycles. The minimum Gasteiger partial charge on any atom is -0.476 e. The first-order valence-electron chi connectivity index (χ1n) is 7.79. The summed E-state index contributed by atoms with van der Waals surface area (Å²) in [5, 5.41) is 13.8. The summed E-state index contributed by atoms with van der Waals surface area (Å²) in [6.07, 6.45) is 10.2.